The lowest BCUT2D eigenvalue weighted by molar-refractivity contribution is -0.0589. The number of anilines is 3. The monoisotopic (exact) mass is 735 g/mol. The zero-order valence-corrected chi connectivity index (χ0v) is 26.7. The number of carbonyl (C=O) groups excluding carboxylic acids is 1. The average Bonchev–Trinajstić information content (AvgIpc) is 3.71. The summed E-state index contributed by atoms with van der Waals surface area (Å²) < 4.78 is 93.7. The van der Waals surface area contributed by atoms with E-state index >= 15 is 13.2 Å². The normalized spacial score (nSPS) is 14.3. The summed E-state index contributed by atoms with van der Waals surface area (Å²) in [6, 6.07) is 8.85. The molecule has 0 saturated heterocycles. The first kappa shape index (κ1) is 33.0. The Morgan fingerprint density at radius 1 is 0.977 bits per heavy atom. The molecule has 232 valence electrons. The van der Waals surface area contributed by atoms with Gasteiger partial charge in [0.2, 0.25) is 10.0 Å². The van der Waals surface area contributed by atoms with Crippen molar-refractivity contribution >= 4 is 55.6 Å². The highest BCUT2D eigenvalue weighted by Gasteiger charge is 2.55. The summed E-state index contributed by atoms with van der Waals surface area (Å²) in [5.41, 5.74) is -0.935. The number of methoxy groups -OCH3 is 1. The zero-order valence-electron chi connectivity index (χ0n) is 23.7. The molecule has 1 saturated carbocycles. The summed E-state index contributed by atoms with van der Waals surface area (Å²) in [7, 11) is -2.66. The number of halogens is 5. The standard InChI is InChI=1S/C29H30F4IN3O5S/c1-28(2,3)42-36-27(38)19-13-17(24(32)25(33)26(19)35-21-9-8-18(34)14-20(21)30)12-16-6-5-7-22(23(16)31)37-43(39,40)29(10-11-29)15-41-4/h5-9,13-14,35,37H,10-12,15H2,1-4H3,(H,36,38). The number of hydroxylamine groups is 1. The van der Waals surface area contributed by atoms with Gasteiger partial charge in [0.25, 0.3) is 5.91 Å². The molecule has 0 unspecified atom stereocenters. The minimum absolute atomic E-state index is 0.0651. The van der Waals surface area contributed by atoms with Gasteiger partial charge in [-0.3, -0.25) is 14.4 Å². The highest BCUT2D eigenvalue weighted by molar-refractivity contribution is 14.1. The summed E-state index contributed by atoms with van der Waals surface area (Å²) in [5, 5.41) is 2.45. The molecule has 1 aliphatic rings. The third-order valence-electron chi connectivity index (χ3n) is 6.66. The highest BCUT2D eigenvalue weighted by Crippen LogP contribution is 2.44. The molecule has 0 radical (unpaired) electrons. The Morgan fingerprint density at radius 2 is 1.67 bits per heavy atom. The van der Waals surface area contributed by atoms with E-state index in [1.807, 2.05) is 22.6 Å². The molecule has 1 amide bonds. The van der Waals surface area contributed by atoms with Crippen LogP contribution < -0.4 is 15.5 Å². The lowest BCUT2D eigenvalue weighted by Gasteiger charge is -2.21. The zero-order chi connectivity index (χ0) is 31.7. The van der Waals surface area contributed by atoms with Crippen LogP contribution in [0.5, 0.6) is 0 Å². The van der Waals surface area contributed by atoms with Crippen molar-refractivity contribution in [2.75, 3.05) is 23.8 Å². The van der Waals surface area contributed by atoms with Gasteiger partial charge in [0.15, 0.2) is 17.5 Å². The van der Waals surface area contributed by atoms with E-state index in [0.717, 1.165) is 6.07 Å². The van der Waals surface area contributed by atoms with Crippen molar-refractivity contribution in [2.24, 2.45) is 0 Å². The molecule has 4 rings (SSSR count). The van der Waals surface area contributed by atoms with E-state index in [0.29, 0.717) is 16.4 Å². The molecular weight excluding hydrogens is 705 g/mol. The van der Waals surface area contributed by atoms with Crippen molar-refractivity contribution in [2.45, 2.75) is 50.4 Å². The van der Waals surface area contributed by atoms with Gasteiger partial charge in [0.05, 0.1) is 34.8 Å². The fraction of sp³-hybridized carbons (Fsp3) is 0.345. The molecule has 0 heterocycles. The largest absolute Gasteiger partial charge is 0.383 e. The first-order chi connectivity index (χ1) is 20.1. The Bertz CT molecular complexity index is 1660. The Balaban J connectivity index is 1.72. The fourth-order valence-corrected chi connectivity index (χ4v) is 6.26. The Morgan fingerprint density at radius 3 is 2.28 bits per heavy atom. The van der Waals surface area contributed by atoms with Crippen molar-refractivity contribution < 1.29 is 40.3 Å². The summed E-state index contributed by atoms with van der Waals surface area (Å²) in [6.45, 7) is 4.88. The SMILES string of the molecule is COCC1(S(=O)(=O)Nc2cccc(Cc3cc(C(=O)NOC(C)(C)C)c(Nc4ccc(I)cc4F)c(F)c3F)c2F)CC1. The molecule has 0 aliphatic heterocycles. The van der Waals surface area contributed by atoms with E-state index in [1.165, 1.54) is 43.5 Å². The number of sulfonamides is 1. The lowest BCUT2D eigenvalue weighted by Crippen LogP contribution is -2.34. The minimum atomic E-state index is -4.02. The summed E-state index contributed by atoms with van der Waals surface area (Å²) >= 11 is 1.88. The fourth-order valence-electron chi connectivity index (χ4n) is 4.24. The summed E-state index contributed by atoms with van der Waals surface area (Å²) in [6.07, 6.45) is 0.141. The van der Waals surface area contributed by atoms with Gasteiger partial charge >= 0.3 is 0 Å². The van der Waals surface area contributed by atoms with Crippen LogP contribution in [0.2, 0.25) is 0 Å². The number of amides is 1. The van der Waals surface area contributed by atoms with Crippen LogP contribution in [-0.4, -0.2) is 38.4 Å². The number of rotatable bonds is 11. The number of hydrogen-bond acceptors (Lipinski definition) is 6. The van der Waals surface area contributed by atoms with Crippen LogP contribution in [0.15, 0.2) is 42.5 Å². The van der Waals surface area contributed by atoms with Crippen LogP contribution in [-0.2, 0) is 26.0 Å². The number of carbonyl (C=O) groups is 1. The second-order valence-electron chi connectivity index (χ2n) is 11.2. The summed E-state index contributed by atoms with van der Waals surface area (Å²) in [5.74, 6) is -5.66. The molecule has 14 heteroatoms. The second kappa shape index (κ2) is 12.6. The van der Waals surface area contributed by atoms with E-state index in [9.17, 15) is 17.6 Å². The maximum atomic E-state index is 15.6. The van der Waals surface area contributed by atoms with Crippen LogP contribution in [0.3, 0.4) is 0 Å². The molecule has 1 aliphatic carbocycles. The highest BCUT2D eigenvalue weighted by atomic mass is 127. The van der Waals surface area contributed by atoms with Gasteiger partial charge in [0.1, 0.15) is 10.6 Å². The molecule has 1 fully saturated rings. The van der Waals surface area contributed by atoms with Crippen molar-refractivity contribution in [3.63, 3.8) is 0 Å². The molecule has 0 spiro atoms. The van der Waals surface area contributed by atoms with E-state index in [2.05, 4.69) is 15.5 Å². The predicted octanol–water partition coefficient (Wildman–Crippen LogP) is 6.56. The van der Waals surface area contributed by atoms with E-state index in [-0.39, 0.29) is 23.5 Å². The van der Waals surface area contributed by atoms with Gasteiger partial charge in [0, 0.05) is 17.1 Å². The number of benzene rings is 3. The van der Waals surface area contributed by atoms with Gasteiger partial charge in [-0.15, -0.1) is 0 Å². The minimum Gasteiger partial charge on any atom is -0.383 e. The van der Waals surface area contributed by atoms with Crippen molar-refractivity contribution in [3.8, 4) is 0 Å². The van der Waals surface area contributed by atoms with E-state index in [1.54, 1.807) is 20.8 Å². The third kappa shape index (κ3) is 7.41. The number of nitrogens with one attached hydrogen (secondary N) is 3. The van der Waals surface area contributed by atoms with E-state index < -0.39 is 72.8 Å². The van der Waals surface area contributed by atoms with Gasteiger partial charge in [-0.2, -0.15) is 0 Å². The molecule has 3 aromatic carbocycles. The average molecular weight is 736 g/mol. The molecule has 0 atom stereocenters. The van der Waals surface area contributed by atoms with Gasteiger partial charge in [-0.25, -0.2) is 31.5 Å². The van der Waals surface area contributed by atoms with Gasteiger partial charge < -0.3 is 10.1 Å². The van der Waals surface area contributed by atoms with Crippen molar-refractivity contribution in [1.82, 2.24) is 5.48 Å². The maximum absolute atomic E-state index is 15.6. The molecule has 43 heavy (non-hydrogen) atoms. The first-order valence-corrected chi connectivity index (χ1v) is 15.6. The lowest BCUT2D eigenvalue weighted by atomic mass is 9.99. The first-order valence-electron chi connectivity index (χ1n) is 13.1. The maximum Gasteiger partial charge on any atom is 0.277 e. The number of hydrogen-bond donors (Lipinski definition) is 3. The quantitative estimate of drug-likeness (QED) is 0.117. The smallest absolute Gasteiger partial charge is 0.277 e. The molecule has 8 nitrogen and oxygen atoms in total. The topological polar surface area (TPSA) is 106 Å². The Labute approximate surface area is 260 Å². The van der Waals surface area contributed by atoms with Crippen LogP contribution in [0.1, 0.15) is 55.1 Å². The molecule has 3 aromatic rings. The van der Waals surface area contributed by atoms with Gasteiger partial charge in [-0.05, 0) is 97.7 Å². The molecule has 0 bridgehead atoms. The van der Waals surface area contributed by atoms with Crippen LogP contribution >= 0.6 is 22.6 Å². The molecule has 0 aromatic heterocycles. The number of ether oxygens (including phenoxy) is 1. The van der Waals surface area contributed by atoms with Crippen LogP contribution in [0.4, 0.5) is 34.6 Å². The summed E-state index contributed by atoms with van der Waals surface area (Å²) in [4.78, 5) is 18.4. The Hall–Kier alpha value is -2.95. The Kier molecular flexibility index (Phi) is 9.64. The molecule has 3 N–H and O–H groups in total. The third-order valence-corrected chi connectivity index (χ3v) is 9.48. The van der Waals surface area contributed by atoms with E-state index in [4.69, 9.17) is 9.57 Å². The van der Waals surface area contributed by atoms with Crippen molar-refractivity contribution in [1.29, 1.82) is 0 Å². The second-order valence-corrected chi connectivity index (χ2v) is 14.5. The van der Waals surface area contributed by atoms with Crippen LogP contribution in [0.25, 0.3) is 0 Å². The van der Waals surface area contributed by atoms with Gasteiger partial charge in [-0.1, -0.05) is 12.1 Å². The van der Waals surface area contributed by atoms with Crippen LogP contribution in [0, 0.1) is 26.8 Å². The molecular formula is C29H30F4IN3O5S. The predicted molar refractivity (Wildman–Crippen MR) is 163 cm³/mol. The van der Waals surface area contributed by atoms with Crippen molar-refractivity contribution in [3.05, 3.63) is 86.0 Å².